The van der Waals surface area contributed by atoms with Gasteiger partial charge < -0.3 is 10.1 Å². The van der Waals surface area contributed by atoms with Gasteiger partial charge in [-0.3, -0.25) is 4.79 Å². The van der Waals surface area contributed by atoms with Gasteiger partial charge in [-0.25, -0.2) is 4.79 Å². The Bertz CT molecular complexity index is 909. The quantitative estimate of drug-likeness (QED) is 0.674. The molecule has 0 saturated heterocycles. The van der Waals surface area contributed by atoms with E-state index in [2.05, 4.69) is 14.9 Å². The highest BCUT2D eigenvalue weighted by Crippen LogP contribution is 2.27. The highest BCUT2D eigenvalue weighted by atomic mass is 32.1. The fourth-order valence-electron chi connectivity index (χ4n) is 2.44. The molecule has 0 aliphatic rings. The van der Waals surface area contributed by atoms with Crippen molar-refractivity contribution in [3.05, 3.63) is 65.2 Å². The Balaban J connectivity index is 1.65. The third kappa shape index (κ3) is 4.12. The van der Waals surface area contributed by atoms with Crippen LogP contribution in [0.1, 0.15) is 22.3 Å². The van der Waals surface area contributed by atoms with Gasteiger partial charge in [0.25, 0.3) is 5.91 Å². The van der Waals surface area contributed by atoms with Gasteiger partial charge in [-0.1, -0.05) is 59.9 Å². The molecular weight excluding hydrogens is 350 g/mol. The maximum Gasteiger partial charge on any atom is 0.352 e. The van der Waals surface area contributed by atoms with Crippen molar-refractivity contribution >= 4 is 29.1 Å². The van der Waals surface area contributed by atoms with Gasteiger partial charge in [0.15, 0.2) is 11.5 Å². The monoisotopic (exact) mass is 367 g/mol. The van der Waals surface area contributed by atoms with E-state index in [4.69, 9.17) is 4.74 Å². The van der Waals surface area contributed by atoms with Crippen molar-refractivity contribution in [1.29, 1.82) is 0 Å². The van der Waals surface area contributed by atoms with Gasteiger partial charge in [0.2, 0.25) is 0 Å². The average molecular weight is 367 g/mol. The molecule has 1 amide bonds. The summed E-state index contributed by atoms with van der Waals surface area (Å²) in [6, 6.07) is 17.2. The molecular formula is C19H17N3O3S. The lowest BCUT2D eigenvalue weighted by atomic mass is 10.0. The third-order valence-corrected chi connectivity index (χ3v) is 4.44. The van der Waals surface area contributed by atoms with Crippen molar-refractivity contribution in [2.75, 3.05) is 11.9 Å². The van der Waals surface area contributed by atoms with E-state index in [0.717, 1.165) is 22.7 Å². The predicted molar refractivity (Wildman–Crippen MR) is 100 cm³/mol. The summed E-state index contributed by atoms with van der Waals surface area (Å²) in [6.45, 7) is 1.50. The molecule has 0 fully saturated rings. The maximum absolute atomic E-state index is 12.2. The number of rotatable bonds is 6. The molecule has 6 nitrogen and oxygen atoms in total. The van der Waals surface area contributed by atoms with E-state index in [1.54, 1.807) is 0 Å². The van der Waals surface area contributed by atoms with Gasteiger partial charge >= 0.3 is 5.97 Å². The summed E-state index contributed by atoms with van der Waals surface area (Å²) < 4.78 is 8.83. The lowest BCUT2D eigenvalue weighted by Crippen LogP contribution is -2.21. The van der Waals surface area contributed by atoms with Gasteiger partial charge in [0.1, 0.15) is 0 Å². The number of esters is 1. The number of anilines is 1. The van der Waals surface area contributed by atoms with Gasteiger partial charge in [-0.05, 0) is 29.6 Å². The van der Waals surface area contributed by atoms with Crippen molar-refractivity contribution in [3.8, 4) is 11.1 Å². The number of aromatic nitrogens is 2. The molecule has 1 aromatic heterocycles. The zero-order chi connectivity index (χ0) is 18.4. The van der Waals surface area contributed by atoms with E-state index in [1.807, 2.05) is 61.5 Å². The average Bonchev–Trinajstić information content (AvgIpc) is 3.16. The van der Waals surface area contributed by atoms with Crippen LogP contribution in [-0.4, -0.2) is 28.1 Å². The minimum atomic E-state index is -0.580. The first-order valence-electron chi connectivity index (χ1n) is 8.11. The number of para-hydroxylation sites is 1. The third-order valence-electron chi connectivity index (χ3n) is 3.70. The zero-order valence-electron chi connectivity index (χ0n) is 14.1. The molecule has 0 radical (unpaired) electrons. The summed E-state index contributed by atoms with van der Waals surface area (Å²) in [5.41, 5.74) is 3.12. The first-order chi connectivity index (χ1) is 12.7. The number of carbonyl (C=O) groups is 2. The second-order valence-electron chi connectivity index (χ2n) is 5.44. The number of ether oxygens (including phenoxy) is 1. The summed E-state index contributed by atoms with van der Waals surface area (Å²) in [5, 5.41) is 6.66. The second kappa shape index (κ2) is 8.35. The molecule has 0 saturated carbocycles. The van der Waals surface area contributed by atoms with Crippen LogP contribution >= 0.6 is 11.5 Å². The fourth-order valence-corrected chi connectivity index (χ4v) is 3.08. The van der Waals surface area contributed by atoms with Crippen molar-refractivity contribution in [2.24, 2.45) is 0 Å². The topological polar surface area (TPSA) is 81.2 Å². The van der Waals surface area contributed by atoms with E-state index >= 15 is 0 Å². The van der Waals surface area contributed by atoms with Crippen LogP contribution in [0.3, 0.4) is 0 Å². The Morgan fingerprint density at radius 3 is 2.58 bits per heavy atom. The van der Waals surface area contributed by atoms with Crippen molar-refractivity contribution in [1.82, 2.24) is 9.59 Å². The number of amides is 1. The van der Waals surface area contributed by atoms with Crippen molar-refractivity contribution < 1.29 is 14.3 Å². The summed E-state index contributed by atoms with van der Waals surface area (Å²) in [6.07, 6.45) is 0.581. The molecule has 0 spiro atoms. The van der Waals surface area contributed by atoms with E-state index in [1.165, 1.54) is 0 Å². The van der Waals surface area contributed by atoms with Crippen LogP contribution in [0.4, 0.5) is 5.69 Å². The normalized spacial score (nSPS) is 10.3. The van der Waals surface area contributed by atoms with Crippen molar-refractivity contribution in [2.45, 2.75) is 13.3 Å². The van der Waals surface area contributed by atoms with Crippen LogP contribution in [-0.2, 0) is 16.0 Å². The first kappa shape index (κ1) is 17.8. The van der Waals surface area contributed by atoms with E-state index in [0.29, 0.717) is 22.7 Å². The van der Waals surface area contributed by atoms with Gasteiger partial charge in [-0.2, -0.15) is 0 Å². The number of benzene rings is 2. The molecule has 1 N–H and O–H groups in total. The Morgan fingerprint density at radius 1 is 1.08 bits per heavy atom. The Hall–Kier alpha value is -3.06. The predicted octanol–water partition coefficient (Wildman–Crippen LogP) is 3.56. The summed E-state index contributed by atoms with van der Waals surface area (Å²) >= 11 is 0.970. The first-order valence-corrected chi connectivity index (χ1v) is 8.89. The number of aryl methyl sites for hydroxylation is 1. The molecule has 1 heterocycles. The van der Waals surface area contributed by atoms with Crippen LogP contribution in [0.5, 0.6) is 0 Å². The van der Waals surface area contributed by atoms with Crippen LogP contribution in [0.25, 0.3) is 11.1 Å². The van der Waals surface area contributed by atoms with Crippen LogP contribution < -0.4 is 5.32 Å². The number of hydrogen-bond donors (Lipinski definition) is 1. The minimum absolute atomic E-state index is 0.338. The molecule has 132 valence electrons. The zero-order valence-corrected chi connectivity index (χ0v) is 15.0. The number of nitrogens with one attached hydrogen (secondary N) is 1. The standard InChI is InChI=1S/C19H17N3O3S/c1-2-15-18(26-22-21-15)19(24)25-12-17(23)20-16-11-7-6-10-14(16)13-8-4-3-5-9-13/h3-11H,2,12H2,1H3,(H,20,23). The maximum atomic E-state index is 12.2. The highest BCUT2D eigenvalue weighted by Gasteiger charge is 2.18. The molecule has 0 bridgehead atoms. The Morgan fingerprint density at radius 2 is 1.81 bits per heavy atom. The number of carbonyl (C=O) groups excluding carboxylic acids is 2. The minimum Gasteiger partial charge on any atom is -0.451 e. The largest absolute Gasteiger partial charge is 0.451 e. The Labute approximate surface area is 155 Å². The molecule has 3 rings (SSSR count). The number of hydrogen-bond acceptors (Lipinski definition) is 6. The van der Waals surface area contributed by atoms with Crippen LogP contribution in [0, 0.1) is 0 Å². The lowest BCUT2D eigenvalue weighted by Gasteiger charge is -2.11. The van der Waals surface area contributed by atoms with Gasteiger partial charge in [0, 0.05) is 11.3 Å². The van der Waals surface area contributed by atoms with E-state index in [-0.39, 0.29) is 6.61 Å². The summed E-state index contributed by atoms with van der Waals surface area (Å²) in [7, 11) is 0. The summed E-state index contributed by atoms with van der Waals surface area (Å²) in [4.78, 5) is 24.6. The molecule has 0 unspecified atom stereocenters. The van der Waals surface area contributed by atoms with Crippen LogP contribution in [0.2, 0.25) is 0 Å². The van der Waals surface area contributed by atoms with Gasteiger partial charge in [-0.15, -0.1) is 5.10 Å². The summed E-state index contributed by atoms with van der Waals surface area (Å²) in [5.74, 6) is -0.986. The number of nitrogens with zero attached hydrogens (tertiary/aromatic N) is 2. The second-order valence-corrected chi connectivity index (χ2v) is 6.19. The smallest absolute Gasteiger partial charge is 0.352 e. The molecule has 2 aromatic carbocycles. The van der Waals surface area contributed by atoms with Crippen molar-refractivity contribution in [3.63, 3.8) is 0 Å². The van der Waals surface area contributed by atoms with E-state index < -0.39 is 11.9 Å². The highest BCUT2D eigenvalue weighted by molar-refractivity contribution is 7.07. The molecule has 3 aromatic rings. The molecule has 7 heteroatoms. The Kier molecular flexibility index (Phi) is 5.70. The van der Waals surface area contributed by atoms with Gasteiger partial charge in [0.05, 0.1) is 5.69 Å². The van der Waals surface area contributed by atoms with E-state index in [9.17, 15) is 9.59 Å². The molecule has 0 aliphatic heterocycles. The SMILES string of the molecule is CCc1nnsc1C(=O)OCC(=O)Nc1ccccc1-c1ccccc1. The van der Waals surface area contributed by atoms with Crippen LogP contribution in [0.15, 0.2) is 54.6 Å². The fraction of sp³-hybridized carbons (Fsp3) is 0.158. The lowest BCUT2D eigenvalue weighted by molar-refractivity contribution is -0.119. The molecule has 0 aliphatic carbocycles. The molecule has 0 atom stereocenters. The molecule has 26 heavy (non-hydrogen) atoms.